The molecule has 44 valence electrons. The van der Waals surface area contributed by atoms with Gasteiger partial charge in [-0.3, -0.25) is 0 Å². The number of halogens is 2. The van der Waals surface area contributed by atoms with Gasteiger partial charge in [0.2, 0.25) is 5.95 Å². The van der Waals surface area contributed by atoms with E-state index in [9.17, 15) is 4.39 Å². The minimum Gasteiger partial charge on any atom is -0.228 e. The molecular weight excluding hydrogens is 173 g/mol. The largest absolute Gasteiger partial charge is 0.228 e. The zero-order chi connectivity index (χ0) is 5.11. The molecule has 1 nitrogen and oxygen atoms in total. The predicted molar refractivity (Wildman–Crippen MR) is 34.5 cm³/mol. The Bertz CT molecular complexity index is 142. The summed E-state index contributed by atoms with van der Waals surface area (Å²) >= 11 is 0. The molecule has 0 unspecified atom stereocenters. The van der Waals surface area contributed by atoms with Crippen LogP contribution in [0.2, 0.25) is 0 Å². The number of nitrogens with zero attached hydrogens (tertiary/aromatic N) is 1. The summed E-state index contributed by atoms with van der Waals surface area (Å²) in [6, 6.07) is 4.57. The summed E-state index contributed by atoms with van der Waals surface area (Å²) < 4.78 is 11.8. The molecule has 0 atom stereocenters. The van der Waals surface area contributed by atoms with Crippen LogP contribution in [0.5, 0.6) is 0 Å². The Balaban J connectivity index is 0.000000490. The van der Waals surface area contributed by atoms with E-state index in [-0.39, 0.29) is 17.0 Å². The number of pyridine rings is 1. The third-order valence-electron chi connectivity index (χ3n) is 0.629. The van der Waals surface area contributed by atoms with Crippen molar-refractivity contribution in [3.8, 4) is 0 Å². The highest BCUT2D eigenvalue weighted by atomic mass is 79.9. The van der Waals surface area contributed by atoms with E-state index in [1.54, 1.807) is 12.1 Å². The molecular formula is C5H5BrFN. The van der Waals surface area contributed by atoms with E-state index < -0.39 is 5.95 Å². The summed E-state index contributed by atoms with van der Waals surface area (Å²) in [4.78, 5) is 3.31. The first-order chi connectivity index (χ1) is 3.39. The first-order valence-corrected chi connectivity index (χ1v) is 1.96. The number of rotatable bonds is 0. The van der Waals surface area contributed by atoms with Gasteiger partial charge in [0.15, 0.2) is 0 Å². The van der Waals surface area contributed by atoms with Crippen molar-refractivity contribution in [3.05, 3.63) is 30.3 Å². The molecule has 0 aliphatic carbocycles. The van der Waals surface area contributed by atoms with E-state index in [1.807, 2.05) is 0 Å². The van der Waals surface area contributed by atoms with Crippen LogP contribution in [0.3, 0.4) is 0 Å². The Kier molecular flexibility index (Phi) is 3.35. The van der Waals surface area contributed by atoms with Crippen LogP contribution in [0.1, 0.15) is 0 Å². The van der Waals surface area contributed by atoms with Crippen LogP contribution in [0.4, 0.5) is 4.39 Å². The zero-order valence-corrected chi connectivity index (χ0v) is 5.76. The van der Waals surface area contributed by atoms with Crippen molar-refractivity contribution in [1.29, 1.82) is 0 Å². The molecule has 1 heterocycles. The summed E-state index contributed by atoms with van der Waals surface area (Å²) in [7, 11) is 0. The van der Waals surface area contributed by atoms with Crippen molar-refractivity contribution < 1.29 is 4.39 Å². The van der Waals surface area contributed by atoms with Crippen LogP contribution in [0, 0.1) is 5.95 Å². The smallest absolute Gasteiger partial charge is 0.212 e. The van der Waals surface area contributed by atoms with Gasteiger partial charge in [-0.25, -0.2) is 4.98 Å². The minimum atomic E-state index is -0.428. The van der Waals surface area contributed by atoms with Crippen molar-refractivity contribution in [2.75, 3.05) is 0 Å². The third-order valence-corrected chi connectivity index (χ3v) is 0.629. The molecule has 0 radical (unpaired) electrons. The fourth-order valence-corrected chi connectivity index (χ4v) is 0.342. The average molecular weight is 178 g/mol. The molecule has 1 aromatic rings. The summed E-state index contributed by atoms with van der Waals surface area (Å²) in [5.41, 5.74) is 0. The van der Waals surface area contributed by atoms with E-state index in [2.05, 4.69) is 4.98 Å². The molecule has 0 aromatic carbocycles. The van der Waals surface area contributed by atoms with Crippen molar-refractivity contribution in [2.24, 2.45) is 0 Å². The van der Waals surface area contributed by atoms with Crippen LogP contribution in [0.15, 0.2) is 24.4 Å². The van der Waals surface area contributed by atoms with Gasteiger partial charge >= 0.3 is 0 Å². The van der Waals surface area contributed by atoms with Crippen molar-refractivity contribution in [3.63, 3.8) is 0 Å². The quantitative estimate of drug-likeness (QED) is 0.552. The molecule has 1 rings (SSSR count). The summed E-state index contributed by atoms with van der Waals surface area (Å²) in [5.74, 6) is -0.428. The van der Waals surface area contributed by atoms with Gasteiger partial charge in [-0.1, -0.05) is 6.07 Å². The molecule has 8 heavy (non-hydrogen) atoms. The van der Waals surface area contributed by atoms with Gasteiger partial charge < -0.3 is 0 Å². The van der Waals surface area contributed by atoms with Crippen LogP contribution < -0.4 is 0 Å². The van der Waals surface area contributed by atoms with E-state index in [4.69, 9.17) is 0 Å². The van der Waals surface area contributed by atoms with Crippen molar-refractivity contribution >= 4 is 17.0 Å². The van der Waals surface area contributed by atoms with Crippen molar-refractivity contribution in [2.45, 2.75) is 0 Å². The fourth-order valence-electron chi connectivity index (χ4n) is 0.342. The van der Waals surface area contributed by atoms with E-state index in [0.29, 0.717) is 0 Å². The fraction of sp³-hybridized carbons (Fsp3) is 0. The van der Waals surface area contributed by atoms with Crippen LogP contribution in [-0.2, 0) is 0 Å². The topological polar surface area (TPSA) is 12.9 Å². The monoisotopic (exact) mass is 177 g/mol. The molecule has 0 aliphatic rings. The zero-order valence-electron chi connectivity index (χ0n) is 4.04. The normalized spacial score (nSPS) is 7.62. The van der Waals surface area contributed by atoms with Crippen LogP contribution >= 0.6 is 17.0 Å². The van der Waals surface area contributed by atoms with E-state index in [0.717, 1.165) is 0 Å². The van der Waals surface area contributed by atoms with Gasteiger partial charge in [0, 0.05) is 6.20 Å². The minimum absolute atomic E-state index is 0. The lowest BCUT2D eigenvalue weighted by atomic mass is 10.5. The van der Waals surface area contributed by atoms with Gasteiger partial charge in [-0.05, 0) is 12.1 Å². The highest BCUT2D eigenvalue weighted by Gasteiger charge is 1.78. The predicted octanol–water partition coefficient (Wildman–Crippen LogP) is 1.80. The second-order valence-corrected chi connectivity index (χ2v) is 1.15. The maximum absolute atomic E-state index is 11.8. The number of hydrogen-bond acceptors (Lipinski definition) is 1. The van der Waals surface area contributed by atoms with Gasteiger partial charge in [0.25, 0.3) is 0 Å². The molecule has 0 bridgehead atoms. The van der Waals surface area contributed by atoms with Gasteiger partial charge in [-0.15, -0.1) is 17.0 Å². The molecule has 0 fully saturated rings. The molecule has 0 N–H and O–H groups in total. The molecule has 3 heteroatoms. The summed E-state index contributed by atoms with van der Waals surface area (Å²) in [5, 5.41) is 0. The lowest BCUT2D eigenvalue weighted by Crippen LogP contribution is -1.73. The van der Waals surface area contributed by atoms with Crippen LogP contribution in [0.25, 0.3) is 0 Å². The van der Waals surface area contributed by atoms with Crippen molar-refractivity contribution in [1.82, 2.24) is 4.98 Å². The molecule has 0 saturated carbocycles. The first kappa shape index (κ1) is 7.56. The Labute approximate surface area is 57.3 Å². The van der Waals surface area contributed by atoms with Crippen LogP contribution in [-0.4, -0.2) is 4.98 Å². The Morgan fingerprint density at radius 2 is 2.12 bits per heavy atom. The Hall–Kier alpha value is -0.440. The van der Waals surface area contributed by atoms with E-state index in [1.165, 1.54) is 12.3 Å². The molecule has 0 aliphatic heterocycles. The molecule has 0 saturated heterocycles. The maximum Gasteiger partial charge on any atom is 0.212 e. The first-order valence-electron chi connectivity index (χ1n) is 1.96. The number of hydrogen-bond donors (Lipinski definition) is 0. The SMILES string of the molecule is Br.Fc1ccccn1. The highest BCUT2D eigenvalue weighted by Crippen LogP contribution is 1.85. The lowest BCUT2D eigenvalue weighted by Gasteiger charge is -1.78. The molecule has 1 aromatic heterocycles. The number of aromatic nitrogens is 1. The Morgan fingerprint density at radius 3 is 2.38 bits per heavy atom. The van der Waals surface area contributed by atoms with E-state index >= 15 is 0 Å². The lowest BCUT2D eigenvalue weighted by molar-refractivity contribution is 0.584. The summed E-state index contributed by atoms with van der Waals surface area (Å²) in [6.45, 7) is 0. The van der Waals surface area contributed by atoms with Gasteiger partial charge in [0.1, 0.15) is 0 Å². The third kappa shape index (κ3) is 2.02. The molecule has 0 amide bonds. The highest BCUT2D eigenvalue weighted by molar-refractivity contribution is 8.93. The van der Waals surface area contributed by atoms with Gasteiger partial charge in [0.05, 0.1) is 0 Å². The summed E-state index contributed by atoms with van der Waals surface area (Å²) in [6.07, 6.45) is 1.41. The average Bonchev–Trinajstić information content (AvgIpc) is 1.69. The Morgan fingerprint density at radius 1 is 1.38 bits per heavy atom. The van der Waals surface area contributed by atoms with Gasteiger partial charge in [-0.2, -0.15) is 4.39 Å². The standard InChI is InChI=1S/C5H4FN.BrH/c6-5-3-1-2-4-7-5;/h1-4H;1H. The molecule has 0 spiro atoms. The second kappa shape index (κ2) is 3.55. The second-order valence-electron chi connectivity index (χ2n) is 1.15. The maximum atomic E-state index is 11.8.